The van der Waals surface area contributed by atoms with Crippen LogP contribution in [0.5, 0.6) is 5.75 Å². The average molecular weight is 361 g/mol. The lowest BCUT2D eigenvalue weighted by atomic mass is 9.95. The fourth-order valence-electron chi connectivity index (χ4n) is 2.90. The SMILES string of the molecule is Cc1ccc(C(N)=O)c(OS(=O)(=O)c2c(C)c(C)c(C)c(C)c2C)c1. The summed E-state index contributed by atoms with van der Waals surface area (Å²) >= 11 is 0. The zero-order valence-electron chi connectivity index (χ0n) is 15.4. The number of amides is 1. The maximum Gasteiger partial charge on any atom is 0.339 e. The van der Waals surface area contributed by atoms with Gasteiger partial charge in [-0.25, -0.2) is 0 Å². The number of nitrogens with two attached hydrogens (primary N) is 1. The summed E-state index contributed by atoms with van der Waals surface area (Å²) in [5, 5.41) is 0. The third-order valence-electron chi connectivity index (χ3n) is 4.78. The van der Waals surface area contributed by atoms with Crippen LogP contribution in [-0.2, 0) is 10.1 Å². The first-order valence-corrected chi connectivity index (χ1v) is 9.30. The molecule has 1 amide bonds. The Balaban J connectivity index is 2.67. The zero-order chi connectivity index (χ0) is 19.1. The van der Waals surface area contributed by atoms with Gasteiger partial charge in [0.05, 0.1) is 5.56 Å². The highest BCUT2D eigenvalue weighted by atomic mass is 32.2. The van der Waals surface area contributed by atoms with E-state index in [1.54, 1.807) is 26.8 Å². The molecule has 0 aliphatic carbocycles. The Labute approximate surface area is 148 Å². The second-order valence-electron chi connectivity index (χ2n) is 6.36. The smallest absolute Gasteiger partial charge is 0.339 e. The normalized spacial score (nSPS) is 11.4. The van der Waals surface area contributed by atoms with E-state index in [0.717, 1.165) is 22.3 Å². The van der Waals surface area contributed by atoms with Crippen LogP contribution in [0.4, 0.5) is 0 Å². The first-order valence-electron chi connectivity index (χ1n) is 7.89. The van der Waals surface area contributed by atoms with Crippen LogP contribution in [0.15, 0.2) is 23.1 Å². The number of rotatable bonds is 4. The van der Waals surface area contributed by atoms with E-state index in [9.17, 15) is 13.2 Å². The number of carbonyl (C=O) groups excluding carboxylic acids is 1. The molecule has 2 rings (SSSR count). The first-order chi connectivity index (χ1) is 11.5. The summed E-state index contributed by atoms with van der Waals surface area (Å²) in [6.45, 7) is 11.0. The Morgan fingerprint density at radius 3 is 1.84 bits per heavy atom. The molecule has 0 aliphatic rings. The van der Waals surface area contributed by atoms with Gasteiger partial charge in [0.15, 0.2) is 5.75 Å². The Kier molecular flexibility index (Phi) is 4.95. The quantitative estimate of drug-likeness (QED) is 0.846. The largest absolute Gasteiger partial charge is 0.378 e. The number of carbonyl (C=O) groups is 1. The molecule has 0 atom stereocenters. The van der Waals surface area contributed by atoms with Crippen LogP contribution in [0.3, 0.4) is 0 Å². The summed E-state index contributed by atoms with van der Waals surface area (Å²) in [5.74, 6) is -0.794. The third kappa shape index (κ3) is 3.39. The molecule has 0 spiro atoms. The zero-order valence-corrected chi connectivity index (χ0v) is 16.2. The number of primary amides is 1. The van der Waals surface area contributed by atoms with Gasteiger partial charge in [-0.2, -0.15) is 8.42 Å². The van der Waals surface area contributed by atoms with Crippen molar-refractivity contribution in [3.63, 3.8) is 0 Å². The minimum absolute atomic E-state index is 0.0324. The summed E-state index contributed by atoms with van der Waals surface area (Å²) in [7, 11) is -4.12. The van der Waals surface area contributed by atoms with Crippen molar-refractivity contribution in [3.8, 4) is 5.75 Å². The third-order valence-corrected chi connectivity index (χ3v) is 6.29. The molecular weight excluding hydrogens is 338 g/mol. The highest BCUT2D eigenvalue weighted by molar-refractivity contribution is 7.87. The van der Waals surface area contributed by atoms with Crippen molar-refractivity contribution in [1.82, 2.24) is 0 Å². The van der Waals surface area contributed by atoms with E-state index in [-0.39, 0.29) is 16.2 Å². The number of hydrogen-bond acceptors (Lipinski definition) is 4. The average Bonchev–Trinajstić information content (AvgIpc) is 2.50. The predicted octanol–water partition coefficient (Wildman–Crippen LogP) is 3.40. The van der Waals surface area contributed by atoms with Gasteiger partial charge in [0, 0.05) is 0 Å². The molecule has 5 nitrogen and oxygen atoms in total. The highest BCUT2D eigenvalue weighted by Crippen LogP contribution is 2.32. The second kappa shape index (κ2) is 6.52. The van der Waals surface area contributed by atoms with E-state index in [0.29, 0.717) is 11.1 Å². The monoisotopic (exact) mass is 361 g/mol. The molecular formula is C19H23NO4S. The molecule has 0 heterocycles. The van der Waals surface area contributed by atoms with Crippen molar-refractivity contribution >= 4 is 16.0 Å². The summed E-state index contributed by atoms with van der Waals surface area (Å²) < 4.78 is 31.3. The van der Waals surface area contributed by atoms with Gasteiger partial charge in [0.1, 0.15) is 4.90 Å². The van der Waals surface area contributed by atoms with Crippen molar-refractivity contribution in [2.75, 3.05) is 0 Å². The molecule has 0 unspecified atom stereocenters. The maximum absolute atomic E-state index is 13.0. The van der Waals surface area contributed by atoms with Crippen molar-refractivity contribution in [2.45, 2.75) is 46.4 Å². The summed E-state index contributed by atoms with van der Waals surface area (Å²) in [5.41, 5.74) is 10.3. The molecule has 0 saturated carbocycles. The first kappa shape index (κ1) is 19.0. The van der Waals surface area contributed by atoms with Gasteiger partial charge in [-0.15, -0.1) is 0 Å². The Morgan fingerprint density at radius 1 is 0.880 bits per heavy atom. The fourth-order valence-corrected chi connectivity index (χ4v) is 4.42. The van der Waals surface area contributed by atoms with Gasteiger partial charge in [-0.3, -0.25) is 4.79 Å². The molecule has 0 aliphatic heterocycles. The van der Waals surface area contributed by atoms with E-state index in [1.807, 2.05) is 20.8 Å². The van der Waals surface area contributed by atoms with E-state index < -0.39 is 16.0 Å². The van der Waals surface area contributed by atoms with Crippen LogP contribution >= 0.6 is 0 Å². The van der Waals surface area contributed by atoms with Gasteiger partial charge in [0.2, 0.25) is 0 Å². The molecule has 2 N–H and O–H groups in total. The second-order valence-corrected chi connectivity index (χ2v) is 7.84. The van der Waals surface area contributed by atoms with Crippen LogP contribution in [0, 0.1) is 41.5 Å². The molecule has 0 fully saturated rings. The topological polar surface area (TPSA) is 86.5 Å². The molecule has 0 radical (unpaired) electrons. The minimum atomic E-state index is -4.12. The summed E-state index contributed by atoms with van der Waals surface area (Å²) in [4.78, 5) is 11.7. The lowest BCUT2D eigenvalue weighted by Crippen LogP contribution is -2.19. The van der Waals surface area contributed by atoms with Crippen molar-refractivity contribution in [1.29, 1.82) is 0 Å². The maximum atomic E-state index is 13.0. The molecule has 25 heavy (non-hydrogen) atoms. The van der Waals surface area contributed by atoms with Gasteiger partial charge in [0.25, 0.3) is 5.91 Å². The lowest BCUT2D eigenvalue weighted by Gasteiger charge is -2.19. The van der Waals surface area contributed by atoms with Crippen molar-refractivity contribution in [3.05, 3.63) is 57.1 Å². The molecule has 0 bridgehead atoms. The van der Waals surface area contributed by atoms with Crippen LogP contribution in [-0.4, -0.2) is 14.3 Å². The lowest BCUT2D eigenvalue weighted by molar-refractivity contribution is 0.0999. The molecule has 2 aromatic carbocycles. The highest BCUT2D eigenvalue weighted by Gasteiger charge is 2.27. The van der Waals surface area contributed by atoms with Gasteiger partial charge >= 0.3 is 10.1 Å². The Hall–Kier alpha value is -2.34. The molecule has 0 aromatic heterocycles. The fraction of sp³-hybridized carbons (Fsp3) is 0.316. The molecule has 134 valence electrons. The summed E-state index contributed by atoms with van der Waals surface area (Å²) in [6.07, 6.45) is 0. The van der Waals surface area contributed by atoms with Gasteiger partial charge in [-0.1, -0.05) is 6.07 Å². The number of hydrogen-bond donors (Lipinski definition) is 1. The van der Waals surface area contributed by atoms with E-state index in [2.05, 4.69) is 0 Å². The predicted molar refractivity (Wildman–Crippen MR) is 97.6 cm³/mol. The standard InChI is InChI=1S/C19H23NO4S/c1-10-7-8-16(19(20)21)17(9-10)24-25(22,23)18-14(5)12(3)11(2)13(4)15(18)6/h7-9H,1-6H3,(H2,20,21). The van der Waals surface area contributed by atoms with E-state index in [1.165, 1.54) is 12.1 Å². The number of aryl methyl sites for hydroxylation is 1. The number of benzene rings is 2. The van der Waals surface area contributed by atoms with Crippen molar-refractivity contribution < 1.29 is 17.4 Å². The van der Waals surface area contributed by atoms with Crippen LogP contribution in [0.25, 0.3) is 0 Å². The molecule has 0 saturated heterocycles. The van der Waals surface area contributed by atoms with E-state index in [4.69, 9.17) is 9.92 Å². The van der Waals surface area contributed by atoms with Gasteiger partial charge in [-0.05, 0) is 87.1 Å². The van der Waals surface area contributed by atoms with Crippen molar-refractivity contribution in [2.24, 2.45) is 5.73 Å². The van der Waals surface area contributed by atoms with Crippen LogP contribution < -0.4 is 9.92 Å². The minimum Gasteiger partial charge on any atom is -0.378 e. The van der Waals surface area contributed by atoms with E-state index >= 15 is 0 Å². The van der Waals surface area contributed by atoms with Crippen LogP contribution in [0.1, 0.15) is 43.7 Å². The Morgan fingerprint density at radius 2 is 1.36 bits per heavy atom. The molecule has 6 heteroatoms. The Bertz CT molecular complexity index is 946. The van der Waals surface area contributed by atoms with Crippen LogP contribution in [0.2, 0.25) is 0 Å². The molecule has 2 aromatic rings. The summed E-state index contributed by atoms with van der Waals surface area (Å²) in [6, 6.07) is 4.64. The van der Waals surface area contributed by atoms with Gasteiger partial charge < -0.3 is 9.92 Å².